The number of hydrogen-bond donors (Lipinski definition) is 1. The summed E-state index contributed by atoms with van der Waals surface area (Å²) < 4.78 is 0. The third-order valence-corrected chi connectivity index (χ3v) is 6.75. The highest BCUT2D eigenvalue weighted by molar-refractivity contribution is 7.98. The number of rotatable bonds is 5. The molecule has 7 heteroatoms. The first-order valence-corrected chi connectivity index (χ1v) is 12.0. The Morgan fingerprint density at radius 2 is 1.69 bits per heavy atom. The molecule has 0 spiro atoms. The number of aromatic nitrogens is 1. The molecule has 0 fully saturated rings. The second kappa shape index (κ2) is 9.97. The van der Waals surface area contributed by atoms with Gasteiger partial charge in [0.15, 0.2) is 0 Å². The van der Waals surface area contributed by atoms with Crippen molar-refractivity contribution in [3.05, 3.63) is 99.6 Å². The van der Waals surface area contributed by atoms with Gasteiger partial charge in [-0.3, -0.25) is 9.78 Å². The van der Waals surface area contributed by atoms with Gasteiger partial charge in [0.25, 0.3) is 5.91 Å². The summed E-state index contributed by atoms with van der Waals surface area (Å²) in [6.07, 6.45) is 3.68. The minimum absolute atomic E-state index is 0.266. The molecule has 0 aliphatic carbocycles. The lowest BCUT2D eigenvalue weighted by Gasteiger charge is -2.14. The summed E-state index contributed by atoms with van der Waals surface area (Å²) in [6, 6.07) is 21.9. The Balaban J connectivity index is 1.73. The fraction of sp³-hybridized carbons (Fsp3) is 0.0400. The number of halogens is 3. The molecule has 4 rings (SSSR count). The van der Waals surface area contributed by atoms with Gasteiger partial charge in [-0.1, -0.05) is 53.0 Å². The van der Waals surface area contributed by atoms with Crippen LogP contribution < -0.4 is 5.32 Å². The summed E-state index contributed by atoms with van der Waals surface area (Å²) in [4.78, 5) is 18.7. The molecule has 0 bridgehead atoms. The number of carbonyl (C=O) groups is 1. The lowest BCUT2D eigenvalue weighted by atomic mass is 9.99. The van der Waals surface area contributed by atoms with Gasteiger partial charge in [-0.05, 0) is 66.4 Å². The van der Waals surface area contributed by atoms with Gasteiger partial charge in [-0.2, -0.15) is 0 Å². The molecule has 0 saturated heterocycles. The van der Waals surface area contributed by atoms with Crippen molar-refractivity contribution in [1.29, 1.82) is 0 Å². The first-order valence-electron chi connectivity index (χ1n) is 9.62. The minimum Gasteiger partial charge on any atom is -0.322 e. The van der Waals surface area contributed by atoms with Crippen molar-refractivity contribution in [2.24, 2.45) is 0 Å². The van der Waals surface area contributed by atoms with Crippen LogP contribution >= 0.6 is 46.6 Å². The third-order valence-electron chi connectivity index (χ3n) is 4.88. The highest BCUT2D eigenvalue weighted by Crippen LogP contribution is 2.37. The second-order valence-electron chi connectivity index (χ2n) is 6.88. The van der Waals surface area contributed by atoms with Crippen LogP contribution in [-0.2, 0) is 0 Å². The van der Waals surface area contributed by atoms with E-state index in [0.29, 0.717) is 37.4 Å². The predicted octanol–water partition coefficient (Wildman–Crippen LogP) is 8.35. The Kier molecular flexibility index (Phi) is 7.07. The number of nitrogens with zero attached hydrogens (tertiary/aromatic N) is 1. The molecule has 4 aromatic rings. The topological polar surface area (TPSA) is 42.0 Å². The summed E-state index contributed by atoms with van der Waals surface area (Å²) in [5, 5.41) is 4.36. The first-order chi connectivity index (χ1) is 15.5. The van der Waals surface area contributed by atoms with Crippen LogP contribution in [0.15, 0.2) is 83.9 Å². The predicted molar refractivity (Wildman–Crippen MR) is 136 cm³/mol. The second-order valence-corrected chi connectivity index (χ2v) is 8.95. The molecule has 3 nitrogen and oxygen atoms in total. The zero-order chi connectivity index (χ0) is 22.7. The molecule has 1 aromatic heterocycles. The van der Waals surface area contributed by atoms with Crippen molar-refractivity contribution in [2.45, 2.75) is 4.90 Å². The largest absolute Gasteiger partial charge is 0.322 e. The van der Waals surface area contributed by atoms with Gasteiger partial charge in [0, 0.05) is 33.5 Å². The maximum absolute atomic E-state index is 13.3. The maximum Gasteiger partial charge on any atom is 0.256 e. The number of hydrogen-bond acceptors (Lipinski definition) is 3. The van der Waals surface area contributed by atoms with Crippen molar-refractivity contribution >= 4 is 58.2 Å². The Morgan fingerprint density at radius 3 is 2.44 bits per heavy atom. The van der Waals surface area contributed by atoms with E-state index < -0.39 is 0 Å². The average molecular weight is 500 g/mol. The van der Waals surface area contributed by atoms with Crippen LogP contribution in [-0.4, -0.2) is 17.1 Å². The van der Waals surface area contributed by atoms with Crippen LogP contribution in [0.1, 0.15) is 10.4 Å². The van der Waals surface area contributed by atoms with Crippen LogP contribution in [0.25, 0.3) is 22.4 Å². The Morgan fingerprint density at radius 1 is 0.844 bits per heavy atom. The average Bonchev–Trinajstić information content (AvgIpc) is 2.82. The van der Waals surface area contributed by atoms with Gasteiger partial charge in [0.1, 0.15) is 0 Å². The van der Waals surface area contributed by atoms with E-state index in [4.69, 9.17) is 34.8 Å². The summed E-state index contributed by atoms with van der Waals surface area (Å²) >= 11 is 20.7. The van der Waals surface area contributed by atoms with Crippen molar-refractivity contribution in [3.8, 4) is 22.4 Å². The molecule has 160 valence electrons. The third kappa shape index (κ3) is 4.79. The summed E-state index contributed by atoms with van der Waals surface area (Å²) in [7, 11) is 0. The molecular weight excluding hydrogens is 483 g/mol. The van der Waals surface area contributed by atoms with E-state index in [1.807, 2.05) is 54.8 Å². The van der Waals surface area contributed by atoms with Crippen LogP contribution in [0.5, 0.6) is 0 Å². The van der Waals surface area contributed by atoms with Gasteiger partial charge in [0.2, 0.25) is 0 Å². The van der Waals surface area contributed by atoms with E-state index in [0.717, 1.165) is 16.2 Å². The molecular formula is C25H17Cl3N2OS. The van der Waals surface area contributed by atoms with Crippen molar-refractivity contribution in [2.75, 3.05) is 11.6 Å². The van der Waals surface area contributed by atoms with E-state index in [-0.39, 0.29) is 5.91 Å². The standard InChI is InChI=1S/C25H17Cl3N2OS/c1-32-16-9-10-18(19(14-16)17-5-4-6-22(27)24(17)28)25(31)30-15-8-11-21(26)20(13-15)23-7-2-3-12-29-23/h2-14H,1H3,(H,30,31). The van der Waals surface area contributed by atoms with Crippen LogP contribution in [0.2, 0.25) is 15.1 Å². The van der Waals surface area contributed by atoms with Gasteiger partial charge < -0.3 is 5.32 Å². The quantitative estimate of drug-likeness (QED) is 0.280. The highest BCUT2D eigenvalue weighted by Gasteiger charge is 2.18. The van der Waals surface area contributed by atoms with E-state index in [9.17, 15) is 4.79 Å². The van der Waals surface area contributed by atoms with Gasteiger partial charge in [0.05, 0.1) is 20.8 Å². The molecule has 0 aliphatic rings. The fourth-order valence-electron chi connectivity index (χ4n) is 3.30. The first kappa shape index (κ1) is 22.7. The van der Waals surface area contributed by atoms with Crippen molar-refractivity contribution in [3.63, 3.8) is 0 Å². The molecule has 0 saturated carbocycles. The van der Waals surface area contributed by atoms with E-state index in [2.05, 4.69) is 10.3 Å². The summed E-state index contributed by atoms with van der Waals surface area (Å²) in [5.74, 6) is -0.266. The summed E-state index contributed by atoms with van der Waals surface area (Å²) in [5.41, 5.74) is 3.97. The van der Waals surface area contributed by atoms with Crippen LogP contribution in [0, 0.1) is 0 Å². The molecule has 32 heavy (non-hydrogen) atoms. The lowest BCUT2D eigenvalue weighted by molar-refractivity contribution is 0.102. The fourth-order valence-corrected chi connectivity index (χ4v) is 4.36. The Bertz CT molecular complexity index is 1300. The maximum atomic E-state index is 13.3. The van der Waals surface area contributed by atoms with E-state index in [1.165, 1.54) is 0 Å². The zero-order valence-electron chi connectivity index (χ0n) is 16.9. The number of anilines is 1. The number of benzene rings is 3. The van der Waals surface area contributed by atoms with Crippen LogP contribution in [0.4, 0.5) is 5.69 Å². The number of carbonyl (C=O) groups excluding carboxylic acids is 1. The minimum atomic E-state index is -0.266. The number of thioether (sulfide) groups is 1. The summed E-state index contributed by atoms with van der Waals surface area (Å²) in [6.45, 7) is 0. The lowest BCUT2D eigenvalue weighted by Crippen LogP contribution is -2.13. The molecule has 0 unspecified atom stereocenters. The molecule has 3 aromatic carbocycles. The van der Waals surface area contributed by atoms with Crippen molar-refractivity contribution in [1.82, 2.24) is 4.98 Å². The molecule has 1 amide bonds. The Labute approximate surface area is 205 Å². The molecule has 0 radical (unpaired) electrons. The molecule has 1 heterocycles. The monoisotopic (exact) mass is 498 g/mol. The molecule has 1 N–H and O–H groups in total. The molecule has 0 aliphatic heterocycles. The highest BCUT2D eigenvalue weighted by atomic mass is 35.5. The molecule has 0 atom stereocenters. The SMILES string of the molecule is CSc1ccc(C(=O)Nc2ccc(Cl)c(-c3ccccn3)c2)c(-c2cccc(Cl)c2Cl)c1. The smallest absolute Gasteiger partial charge is 0.256 e. The van der Waals surface area contributed by atoms with Crippen LogP contribution in [0.3, 0.4) is 0 Å². The Hall–Kier alpha value is -2.50. The van der Waals surface area contributed by atoms with Gasteiger partial charge >= 0.3 is 0 Å². The number of nitrogens with one attached hydrogen (secondary N) is 1. The van der Waals surface area contributed by atoms with Crippen molar-refractivity contribution < 1.29 is 4.79 Å². The van der Waals surface area contributed by atoms with Gasteiger partial charge in [-0.25, -0.2) is 0 Å². The van der Waals surface area contributed by atoms with Gasteiger partial charge in [-0.15, -0.1) is 11.8 Å². The normalized spacial score (nSPS) is 10.8. The number of pyridine rings is 1. The number of amides is 1. The van der Waals surface area contributed by atoms with E-state index in [1.54, 1.807) is 42.2 Å². The van der Waals surface area contributed by atoms with E-state index >= 15 is 0 Å². The zero-order valence-corrected chi connectivity index (χ0v) is 20.0.